The van der Waals surface area contributed by atoms with Gasteiger partial charge in [0.05, 0.1) is 27.7 Å². The highest BCUT2D eigenvalue weighted by Gasteiger charge is 2.22. The Labute approximate surface area is 587 Å². The molecule has 0 spiro atoms. The van der Waals surface area contributed by atoms with E-state index in [-0.39, 0.29) is 32.0 Å². The van der Waals surface area contributed by atoms with Crippen LogP contribution < -0.4 is 4.89 Å². The maximum absolute atomic E-state index is 12.9. The van der Waals surface area contributed by atoms with E-state index in [1.807, 2.05) is 21.1 Å². The number of phosphoric acid groups is 1. The average Bonchev–Trinajstić information content (AvgIpc) is 1.65. The molecule has 0 fully saturated rings. The summed E-state index contributed by atoms with van der Waals surface area (Å²) in [5.74, 6) is -0.803. The summed E-state index contributed by atoms with van der Waals surface area (Å²) in [4.78, 5) is 38.2. The SMILES string of the molecule is CCCCCCCCCC/C=C\CCCCCCCCCCCCCCCCCCCC(=O)OC(COC(=O)CCCCCCCCCCCCCCCCCCCCCCCCCCCCCCCCCCCCCCCCCCC)COP(=O)([O-])OCC[N+](C)(C)C. The third-order valence-electron chi connectivity index (χ3n) is 19.8. The molecule has 0 saturated heterocycles. The van der Waals surface area contributed by atoms with Crippen molar-refractivity contribution in [3.63, 3.8) is 0 Å². The number of nitrogens with zero attached hydrogens (tertiary/aromatic N) is 1. The Morgan fingerprint density at radius 3 is 0.787 bits per heavy atom. The number of hydrogen-bond acceptors (Lipinski definition) is 8. The topological polar surface area (TPSA) is 111 Å². The van der Waals surface area contributed by atoms with Crippen LogP contribution in [0.15, 0.2) is 12.2 Å². The highest BCUT2D eigenvalue weighted by atomic mass is 31.2. The molecule has 0 aromatic heterocycles. The van der Waals surface area contributed by atoms with Gasteiger partial charge in [0.2, 0.25) is 0 Å². The van der Waals surface area contributed by atoms with Crippen LogP contribution in [-0.4, -0.2) is 70.0 Å². The number of esters is 2. The van der Waals surface area contributed by atoms with Crippen molar-refractivity contribution in [1.29, 1.82) is 0 Å². The largest absolute Gasteiger partial charge is 0.756 e. The lowest BCUT2D eigenvalue weighted by Crippen LogP contribution is -2.37. The van der Waals surface area contributed by atoms with Gasteiger partial charge in [-0.1, -0.05) is 424 Å². The molecule has 0 N–H and O–H groups in total. The summed E-state index contributed by atoms with van der Waals surface area (Å²) in [6, 6.07) is 0. The second-order valence-corrected chi connectivity index (χ2v) is 32.0. The molecule has 10 heteroatoms. The number of allylic oxidation sites excluding steroid dienone is 2. The third kappa shape index (κ3) is 79.7. The zero-order valence-electron chi connectivity index (χ0n) is 64.2. The van der Waals surface area contributed by atoms with Gasteiger partial charge in [0.15, 0.2) is 6.10 Å². The van der Waals surface area contributed by atoms with Crippen molar-refractivity contribution >= 4 is 19.8 Å². The van der Waals surface area contributed by atoms with Crippen LogP contribution in [0.3, 0.4) is 0 Å². The van der Waals surface area contributed by atoms with Gasteiger partial charge in [-0.2, -0.15) is 0 Å². The van der Waals surface area contributed by atoms with Crippen LogP contribution in [0, 0.1) is 0 Å². The number of phosphoric ester groups is 1. The minimum Gasteiger partial charge on any atom is -0.756 e. The van der Waals surface area contributed by atoms with Crippen molar-refractivity contribution in [3.8, 4) is 0 Å². The number of hydrogen-bond donors (Lipinski definition) is 0. The van der Waals surface area contributed by atoms with Gasteiger partial charge >= 0.3 is 11.9 Å². The molecule has 94 heavy (non-hydrogen) atoms. The zero-order valence-corrected chi connectivity index (χ0v) is 65.1. The van der Waals surface area contributed by atoms with Crippen LogP contribution in [0.25, 0.3) is 0 Å². The van der Waals surface area contributed by atoms with Gasteiger partial charge in [-0.15, -0.1) is 0 Å². The molecular formula is C84H166NO8P. The van der Waals surface area contributed by atoms with Gasteiger partial charge in [0.1, 0.15) is 19.8 Å². The molecular weight excluding hydrogens is 1180 g/mol. The van der Waals surface area contributed by atoms with Crippen LogP contribution in [0.2, 0.25) is 0 Å². The van der Waals surface area contributed by atoms with Crippen LogP contribution in [0.5, 0.6) is 0 Å². The Balaban J connectivity index is 3.83. The Morgan fingerprint density at radius 1 is 0.319 bits per heavy atom. The fourth-order valence-corrected chi connectivity index (χ4v) is 14.0. The summed E-state index contributed by atoms with van der Waals surface area (Å²) in [6.45, 7) is 4.34. The Bertz CT molecular complexity index is 1590. The van der Waals surface area contributed by atoms with Gasteiger partial charge in [-0.3, -0.25) is 14.2 Å². The molecule has 0 aliphatic carbocycles. The van der Waals surface area contributed by atoms with E-state index in [2.05, 4.69) is 26.0 Å². The third-order valence-corrected chi connectivity index (χ3v) is 20.7. The average molecular weight is 1350 g/mol. The lowest BCUT2D eigenvalue weighted by atomic mass is 10.0. The molecule has 2 atom stereocenters. The highest BCUT2D eigenvalue weighted by molar-refractivity contribution is 7.45. The number of unbranched alkanes of at least 4 members (excludes halogenated alkanes) is 65. The summed E-state index contributed by atoms with van der Waals surface area (Å²) in [5.41, 5.74) is 0. The first-order valence-electron chi connectivity index (χ1n) is 42.4. The van der Waals surface area contributed by atoms with Crippen LogP contribution in [-0.2, 0) is 32.7 Å². The molecule has 0 aromatic carbocycles. The molecule has 0 aromatic rings. The molecule has 0 rings (SSSR count). The van der Waals surface area contributed by atoms with E-state index < -0.39 is 26.5 Å². The normalized spacial score (nSPS) is 13.0. The van der Waals surface area contributed by atoms with Gasteiger partial charge in [0, 0.05) is 12.8 Å². The maximum atomic E-state index is 12.9. The molecule has 0 saturated carbocycles. The molecule has 0 amide bonds. The first kappa shape index (κ1) is 92.8. The number of likely N-dealkylation sites (N-methyl/N-ethyl adjacent to an activating group) is 1. The monoisotopic (exact) mass is 1350 g/mol. The first-order valence-corrected chi connectivity index (χ1v) is 43.9. The van der Waals surface area contributed by atoms with Crippen LogP contribution in [0.1, 0.15) is 463 Å². The highest BCUT2D eigenvalue weighted by Crippen LogP contribution is 2.38. The molecule has 0 radical (unpaired) electrons. The lowest BCUT2D eigenvalue weighted by molar-refractivity contribution is -0.870. The number of rotatable bonds is 81. The van der Waals surface area contributed by atoms with E-state index in [1.54, 1.807) is 0 Å². The van der Waals surface area contributed by atoms with Crippen molar-refractivity contribution in [2.75, 3.05) is 47.5 Å². The molecule has 0 heterocycles. The number of ether oxygens (including phenoxy) is 2. The van der Waals surface area contributed by atoms with Gasteiger partial charge in [-0.25, -0.2) is 0 Å². The standard InChI is InChI=1S/C84H166NO8P/c1-6-8-10-12-14-16-18-20-22-24-26-28-30-32-34-36-37-38-39-40-41-42-43-44-45-46-47-49-50-52-54-56-58-60-62-64-66-68-70-72-74-76-83(86)90-80-82(81-92-94(88,89)91-79-78-85(3,4)5)93-84(87)77-75-73-71-69-67-65-63-61-59-57-55-53-51-48-35-33-31-29-27-25-23-21-19-17-15-13-11-9-7-2/h25,27,82H,6-24,26,28-81H2,1-5H3/b27-25-. The van der Waals surface area contributed by atoms with Crippen LogP contribution in [0.4, 0.5) is 0 Å². The number of carbonyl (C=O) groups is 2. The predicted molar refractivity (Wildman–Crippen MR) is 407 cm³/mol. The zero-order chi connectivity index (χ0) is 68.3. The Morgan fingerprint density at radius 2 is 0.543 bits per heavy atom. The molecule has 0 aliphatic rings. The van der Waals surface area contributed by atoms with Crippen molar-refractivity contribution in [3.05, 3.63) is 12.2 Å². The molecule has 0 bridgehead atoms. The fourth-order valence-electron chi connectivity index (χ4n) is 13.3. The fraction of sp³-hybridized carbons (Fsp3) is 0.952. The number of quaternary nitrogens is 1. The summed E-state index contributed by atoms with van der Waals surface area (Å²) in [5, 5.41) is 0. The van der Waals surface area contributed by atoms with Crippen LogP contribution >= 0.6 is 7.82 Å². The summed E-state index contributed by atoms with van der Waals surface area (Å²) in [7, 11) is 1.20. The second kappa shape index (κ2) is 75.9. The second-order valence-electron chi connectivity index (χ2n) is 30.6. The summed E-state index contributed by atoms with van der Waals surface area (Å²) >= 11 is 0. The smallest absolute Gasteiger partial charge is 0.306 e. The molecule has 560 valence electrons. The minimum atomic E-state index is -4.64. The summed E-state index contributed by atoms with van der Waals surface area (Å²) in [6.07, 6.45) is 96.6. The van der Waals surface area contributed by atoms with Crippen molar-refractivity contribution in [1.82, 2.24) is 0 Å². The van der Waals surface area contributed by atoms with Crippen molar-refractivity contribution < 1.29 is 42.1 Å². The van der Waals surface area contributed by atoms with E-state index >= 15 is 0 Å². The molecule has 9 nitrogen and oxygen atoms in total. The van der Waals surface area contributed by atoms with Gasteiger partial charge in [0.25, 0.3) is 7.82 Å². The Kier molecular flexibility index (Phi) is 74.9. The first-order chi connectivity index (χ1) is 46.0. The van der Waals surface area contributed by atoms with E-state index in [1.165, 1.54) is 398 Å². The van der Waals surface area contributed by atoms with Crippen molar-refractivity contribution in [2.24, 2.45) is 0 Å². The quantitative estimate of drug-likeness (QED) is 0.0195. The van der Waals surface area contributed by atoms with E-state index in [9.17, 15) is 19.0 Å². The Hall–Kier alpha value is -1.25. The number of carbonyl (C=O) groups excluding carboxylic acids is 2. The van der Waals surface area contributed by atoms with E-state index in [4.69, 9.17) is 18.5 Å². The van der Waals surface area contributed by atoms with Crippen molar-refractivity contribution in [2.45, 2.75) is 469 Å². The van der Waals surface area contributed by atoms with E-state index in [0.717, 1.165) is 32.1 Å². The predicted octanol–water partition coefficient (Wildman–Crippen LogP) is 27.6. The maximum Gasteiger partial charge on any atom is 0.306 e. The van der Waals surface area contributed by atoms with Gasteiger partial charge in [-0.05, 0) is 38.5 Å². The molecule has 2 unspecified atom stereocenters. The van der Waals surface area contributed by atoms with Gasteiger partial charge < -0.3 is 27.9 Å². The van der Waals surface area contributed by atoms with E-state index in [0.29, 0.717) is 17.4 Å². The molecule has 0 aliphatic heterocycles. The minimum absolute atomic E-state index is 0.0258. The summed E-state index contributed by atoms with van der Waals surface area (Å²) < 4.78 is 34.4. The lowest BCUT2D eigenvalue weighted by Gasteiger charge is -2.28.